The van der Waals surface area contributed by atoms with Crippen molar-refractivity contribution in [1.82, 2.24) is 15.5 Å². The van der Waals surface area contributed by atoms with Gasteiger partial charge in [-0.25, -0.2) is 4.79 Å². The molecule has 10 heteroatoms. The number of aliphatic hydroxyl groups is 1. The Balaban J connectivity index is 4.73. The summed E-state index contributed by atoms with van der Waals surface area (Å²) in [5.74, 6) is 0.670. The maximum atomic E-state index is 12.8. The largest absolute Gasteiger partial charge is 0.469 e. The molecule has 0 heterocycles. The summed E-state index contributed by atoms with van der Waals surface area (Å²) in [5.41, 5.74) is 0. The van der Waals surface area contributed by atoms with Crippen molar-refractivity contribution in [1.29, 1.82) is 0 Å². The van der Waals surface area contributed by atoms with Crippen molar-refractivity contribution >= 4 is 29.7 Å². The lowest BCUT2D eigenvalue weighted by Gasteiger charge is -2.25. The average molecular weight is 590 g/mol. The van der Waals surface area contributed by atoms with E-state index < -0.39 is 18.2 Å². The van der Waals surface area contributed by atoms with Crippen LogP contribution >= 0.6 is 11.8 Å². The van der Waals surface area contributed by atoms with Crippen LogP contribution in [-0.4, -0.2) is 91.5 Å². The highest BCUT2D eigenvalue weighted by atomic mass is 32.2. The highest BCUT2D eigenvalue weighted by molar-refractivity contribution is 7.99. The fraction of sp³-hybridized carbons (Fsp3) is 0.900. The first-order chi connectivity index (χ1) is 19.4. The van der Waals surface area contributed by atoms with Crippen LogP contribution in [0.4, 0.5) is 4.79 Å². The third-order valence-electron chi connectivity index (χ3n) is 6.70. The zero-order valence-electron chi connectivity index (χ0n) is 25.8. The van der Waals surface area contributed by atoms with Crippen LogP contribution in [0.15, 0.2) is 0 Å². The van der Waals surface area contributed by atoms with Crippen LogP contribution in [0.2, 0.25) is 0 Å². The summed E-state index contributed by atoms with van der Waals surface area (Å²) in [5, 5.41) is 16.2. The first-order valence-electron chi connectivity index (χ1n) is 15.6. The number of alkyl carbamates (subject to hydrolysis) is 1. The van der Waals surface area contributed by atoms with Gasteiger partial charge in [0, 0.05) is 18.8 Å². The Labute approximate surface area is 248 Å². The summed E-state index contributed by atoms with van der Waals surface area (Å²) in [6, 6.07) is -0.741. The minimum Gasteiger partial charge on any atom is -0.469 e. The van der Waals surface area contributed by atoms with E-state index in [1.165, 1.54) is 57.4 Å². The number of rotatable bonds is 27. The monoisotopic (exact) mass is 589 g/mol. The van der Waals surface area contributed by atoms with Crippen LogP contribution < -0.4 is 10.6 Å². The standard InChI is InChI=1S/C30H59N3O6S/c1-5-8-11-14-19-31-29(36)27(17-22-40-23-18-28(35)38-4)32-30(37)39-25-26(34)24-33(20-15-12-9-6-2)21-16-13-10-7-3/h26-27,34H,5-25H2,1-4H3,(H,31,36)(H,32,37). The Hall–Kier alpha value is -1.52. The number of ether oxygens (including phenoxy) is 2. The van der Waals surface area contributed by atoms with Gasteiger partial charge < -0.3 is 30.1 Å². The third-order valence-corrected chi connectivity index (χ3v) is 7.72. The van der Waals surface area contributed by atoms with Gasteiger partial charge >= 0.3 is 12.1 Å². The van der Waals surface area contributed by atoms with E-state index in [1.807, 2.05) is 0 Å². The number of nitrogens with one attached hydrogen (secondary N) is 2. The second-order valence-corrected chi connectivity index (χ2v) is 11.7. The Morgan fingerprint density at radius 2 is 1.45 bits per heavy atom. The van der Waals surface area contributed by atoms with Gasteiger partial charge in [0.1, 0.15) is 18.8 Å². The van der Waals surface area contributed by atoms with Gasteiger partial charge in [-0.2, -0.15) is 11.8 Å². The minimum absolute atomic E-state index is 0.120. The van der Waals surface area contributed by atoms with Crippen molar-refractivity contribution in [2.24, 2.45) is 0 Å². The number of hydrogen-bond donors (Lipinski definition) is 3. The van der Waals surface area contributed by atoms with Gasteiger partial charge in [0.05, 0.1) is 13.5 Å². The highest BCUT2D eigenvalue weighted by Crippen LogP contribution is 2.09. The van der Waals surface area contributed by atoms with Crippen LogP contribution in [-0.2, 0) is 19.1 Å². The van der Waals surface area contributed by atoms with Crippen LogP contribution in [0, 0.1) is 0 Å². The molecule has 0 saturated heterocycles. The van der Waals surface area contributed by atoms with Crippen molar-refractivity contribution in [2.75, 3.05) is 51.4 Å². The molecule has 0 fully saturated rings. The Morgan fingerprint density at radius 1 is 0.850 bits per heavy atom. The molecule has 2 atom stereocenters. The Kier molecular flexibility index (Phi) is 26.6. The molecule has 0 radical (unpaired) electrons. The highest BCUT2D eigenvalue weighted by Gasteiger charge is 2.22. The van der Waals surface area contributed by atoms with Crippen LogP contribution in [0.25, 0.3) is 0 Å². The number of esters is 1. The van der Waals surface area contributed by atoms with Crippen LogP contribution in [0.1, 0.15) is 111 Å². The molecule has 236 valence electrons. The zero-order chi connectivity index (χ0) is 29.8. The predicted octanol–water partition coefficient (Wildman–Crippen LogP) is 5.29. The molecule has 2 amide bonds. The molecule has 0 aromatic rings. The fourth-order valence-electron chi connectivity index (χ4n) is 4.24. The molecule has 0 spiro atoms. The molecule has 0 aliphatic rings. The number of aliphatic hydroxyl groups excluding tert-OH is 1. The molecular formula is C30H59N3O6S. The van der Waals surface area contributed by atoms with E-state index in [0.29, 0.717) is 37.4 Å². The van der Waals surface area contributed by atoms with Gasteiger partial charge in [-0.05, 0) is 44.5 Å². The van der Waals surface area contributed by atoms with E-state index in [-0.39, 0.29) is 18.5 Å². The predicted molar refractivity (Wildman–Crippen MR) is 165 cm³/mol. The summed E-state index contributed by atoms with van der Waals surface area (Å²) in [4.78, 5) is 38.9. The van der Waals surface area contributed by atoms with Crippen LogP contribution in [0.5, 0.6) is 0 Å². The first-order valence-corrected chi connectivity index (χ1v) is 16.8. The molecule has 0 bridgehead atoms. The van der Waals surface area contributed by atoms with E-state index in [1.54, 1.807) is 0 Å². The normalized spacial score (nSPS) is 12.7. The number of methoxy groups -OCH3 is 1. The van der Waals surface area contributed by atoms with Crippen molar-refractivity contribution < 1.29 is 29.0 Å². The maximum Gasteiger partial charge on any atom is 0.407 e. The molecule has 2 unspecified atom stereocenters. The molecular weight excluding hydrogens is 530 g/mol. The van der Waals surface area contributed by atoms with Gasteiger partial charge in [0.15, 0.2) is 0 Å². The third kappa shape index (κ3) is 23.2. The van der Waals surface area contributed by atoms with Gasteiger partial charge in [0.25, 0.3) is 0 Å². The van der Waals surface area contributed by atoms with E-state index in [2.05, 4.69) is 41.0 Å². The summed E-state index contributed by atoms with van der Waals surface area (Å²) < 4.78 is 9.98. The Morgan fingerprint density at radius 3 is 2.02 bits per heavy atom. The SMILES string of the molecule is CCCCCCNC(=O)C(CCSCCC(=O)OC)NC(=O)OCC(O)CN(CCCCCC)CCCCCC. The molecule has 0 aliphatic carbocycles. The second-order valence-electron chi connectivity index (χ2n) is 10.5. The number of hydrogen-bond acceptors (Lipinski definition) is 8. The lowest BCUT2D eigenvalue weighted by atomic mass is 10.1. The van der Waals surface area contributed by atoms with Crippen LogP contribution in [0.3, 0.4) is 0 Å². The second kappa shape index (κ2) is 27.6. The topological polar surface area (TPSA) is 117 Å². The summed E-state index contributed by atoms with van der Waals surface area (Å²) >= 11 is 1.53. The van der Waals surface area contributed by atoms with Gasteiger partial charge in [0.2, 0.25) is 5.91 Å². The first kappa shape index (κ1) is 38.5. The number of thioether (sulfide) groups is 1. The van der Waals surface area contributed by atoms with Gasteiger partial charge in [-0.1, -0.05) is 78.6 Å². The molecule has 0 aromatic heterocycles. The smallest absolute Gasteiger partial charge is 0.407 e. The zero-order valence-corrected chi connectivity index (χ0v) is 26.7. The van der Waals surface area contributed by atoms with E-state index in [4.69, 9.17) is 4.74 Å². The Bertz CT molecular complexity index is 629. The van der Waals surface area contributed by atoms with E-state index in [9.17, 15) is 19.5 Å². The molecule has 0 aliphatic heterocycles. The lowest BCUT2D eigenvalue weighted by Crippen LogP contribution is -2.48. The van der Waals surface area contributed by atoms with Crippen molar-refractivity contribution in [2.45, 2.75) is 123 Å². The van der Waals surface area contributed by atoms with Crippen molar-refractivity contribution in [3.05, 3.63) is 0 Å². The molecule has 40 heavy (non-hydrogen) atoms. The van der Waals surface area contributed by atoms with E-state index in [0.717, 1.165) is 51.6 Å². The quantitative estimate of drug-likeness (QED) is 0.0874. The minimum atomic E-state index is -0.789. The fourth-order valence-corrected chi connectivity index (χ4v) is 5.16. The summed E-state index contributed by atoms with van der Waals surface area (Å²) in [7, 11) is 1.36. The molecule has 0 rings (SSSR count). The summed E-state index contributed by atoms with van der Waals surface area (Å²) in [6.45, 7) is 9.30. The molecule has 0 saturated carbocycles. The molecule has 3 N–H and O–H groups in total. The number of nitrogens with zero attached hydrogens (tertiary/aromatic N) is 1. The van der Waals surface area contributed by atoms with Gasteiger partial charge in [-0.15, -0.1) is 0 Å². The van der Waals surface area contributed by atoms with Crippen molar-refractivity contribution in [3.8, 4) is 0 Å². The molecule has 9 nitrogen and oxygen atoms in total. The lowest BCUT2D eigenvalue weighted by molar-refractivity contribution is -0.140. The number of carbonyl (C=O) groups is 3. The molecule has 0 aromatic carbocycles. The maximum absolute atomic E-state index is 12.8. The summed E-state index contributed by atoms with van der Waals surface area (Å²) in [6.07, 6.45) is 12.8. The van der Waals surface area contributed by atoms with Gasteiger partial charge in [-0.3, -0.25) is 9.59 Å². The number of carbonyl (C=O) groups excluding carboxylic acids is 3. The average Bonchev–Trinajstić information content (AvgIpc) is 2.95. The van der Waals surface area contributed by atoms with Crippen molar-refractivity contribution in [3.63, 3.8) is 0 Å². The number of unbranched alkanes of at least 4 members (excludes halogenated alkanes) is 9. The van der Waals surface area contributed by atoms with E-state index >= 15 is 0 Å². The number of amides is 2.